The number of carbonyl (C=O) groups excluding carboxylic acids is 2. The zero-order valence-electron chi connectivity index (χ0n) is 21.7. The number of methoxy groups -OCH3 is 1. The van der Waals surface area contributed by atoms with E-state index in [0.29, 0.717) is 49.4 Å². The van der Waals surface area contributed by atoms with Crippen LogP contribution in [0.2, 0.25) is 0 Å². The second kappa shape index (κ2) is 12.0. The maximum absolute atomic E-state index is 13.8. The summed E-state index contributed by atoms with van der Waals surface area (Å²) in [5.41, 5.74) is 3.09. The van der Waals surface area contributed by atoms with Gasteiger partial charge < -0.3 is 24.4 Å². The number of rotatable bonds is 10. The van der Waals surface area contributed by atoms with Crippen molar-refractivity contribution in [2.75, 3.05) is 13.7 Å². The molecule has 1 atom stereocenters. The van der Waals surface area contributed by atoms with Crippen LogP contribution < -0.4 is 0 Å². The van der Waals surface area contributed by atoms with E-state index < -0.39 is 24.6 Å². The predicted octanol–water partition coefficient (Wildman–Crippen LogP) is 3.91. The Morgan fingerprint density at radius 1 is 1.11 bits per heavy atom. The van der Waals surface area contributed by atoms with Crippen molar-refractivity contribution in [1.82, 2.24) is 14.5 Å². The van der Waals surface area contributed by atoms with Gasteiger partial charge >= 0.3 is 11.9 Å². The molecular weight excluding hydrogens is 486 g/mol. The van der Waals surface area contributed by atoms with E-state index in [-0.39, 0.29) is 17.2 Å². The smallest absolute Gasteiger partial charge is 0.336 e. The fraction of sp³-hybridized carbons (Fsp3) is 0.379. The lowest BCUT2D eigenvalue weighted by Crippen LogP contribution is -2.42. The van der Waals surface area contributed by atoms with Crippen LogP contribution in [0.3, 0.4) is 0 Å². The molecule has 1 amide bonds. The van der Waals surface area contributed by atoms with Crippen molar-refractivity contribution in [1.29, 1.82) is 0 Å². The number of hydrogen-bond donors (Lipinski definition) is 2. The molecule has 1 saturated heterocycles. The quantitative estimate of drug-likeness (QED) is 0.390. The molecule has 0 aliphatic carbocycles. The van der Waals surface area contributed by atoms with Gasteiger partial charge in [-0.2, -0.15) is 0 Å². The van der Waals surface area contributed by atoms with E-state index in [1.807, 2.05) is 28.8 Å². The monoisotopic (exact) mass is 519 g/mol. The van der Waals surface area contributed by atoms with E-state index in [0.717, 1.165) is 24.0 Å². The van der Waals surface area contributed by atoms with Crippen LogP contribution >= 0.6 is 0 Å². The third-order valence-corrected chi connectivity index (χ3v) is 6.98. The third-order valence-electron chi connectivity index (χ3n) is 6.98. The largest absolute Gasteiger partial charge is 0.478 e. The van der Waals surface area contributed by atoms with Crippen LogP contribution in [0.25, 0.3) is 11.1 Å². The van der Waals surface area contributed by atoms with E-state index in [1.165, 1.54) is 12.0 Å². The first-order valence-corrected chi connectivity index (χ1v) is 12.9. The van der Waals surface area contributed by atoms with Gasteiger partial charge in [0.1, 0.15) is 17.6 Å². The molecule has 2 N–H and O–H groups in total. The highest BCUT2D eigenvalue weighted by molar-refractivity contribution is 5.97. The fourth-order valence-corrected chi connectivity index (χ4v) is 5.02. The molecule has 38 heavy (non-hydrogen) atoms. The van der Waals surface area contributed by atoms with Crippen molar-refractivity contribution >= 4 is 17.8 Å². The second-order valence-electron chi connectivity index (χ2n) is 9.40. The number of esters is 1. The number of imidazole rings is 1. The molecule has 0 spiro atoms. The number of hydrogen-bond acceptors (Lipinski definition) is 6. The minimum Gasteiger partial charge on any atom is -0.478 e. The normalized spacial score (nSPS) is 15.0. The van der Waals surface area contributed by atoms with Crippen LogP contribution in [-0.4, -0.2) is 62.2 Å². The number of unbranched alkanes of at least 4 members (excludes halogenated alkanes) is 1. The van der Waals surface area contributed by atoms with Gasteiger partial charge in [0.2, 0.25) is 0 Å². The Kier molecular flexibility index (Phi) is 8.58. The summed E-state index contributed by atoms with van der Waals surface area (Å²) in [5.74, 6) is -1.08. The summed E-state index contributed by atoms with van der Waals surface area (Å²) in [6.07, 6.45) is 3.67. The zero-order chi connectivity index (χ0) is 27.2. The number of carboxylic acid groups (broad SMARTS) is 1. The highest BCUT2D eigenvalue weighted by Gasteiger charge is 2.38. The molecule has 0 unspecified atom stereocenters. The van der Waals surface area contributed by atoms with Gasteiger partial charge in [0, 0.05) is 19.5 Å². The van der Waals surface area contributed by atoms with Crippen LogP contribution in [0.4, 0.5) is 0 Å². The van der Waals surface area contributed by atoms with Crippen LogP contribution in [0.5, 0.6) is 0 Å². The molecule has 4 rings (SSSR count). The number of nitrogens with zero attached hydrogens (tertiary/aromatic N) is 3. The first kappa shape index (κ1) is 27.1. The Bertz CT molecular complexity index is 1310. The van der Waals surface area contributed by atoms with Crippen molar-refractivity contribution in [3.63, 3.8) is 0 Å². The number of ether oxygens (including phenoxy) is 1. The second-order valence-corrected chi connectivity index (χ2v) is 9.40. The van der Waals surface area contributed by atoms with E-state index in [9.17, 15) is 24.6 Å². The lowest BCUT2D eigenvalue weighted by Gasteiger charge is -2.24. The molecule has 9 heteroatoms. The van der Waals surface area contributed by atoms with Gasteiger partial charge in [0.15, 0.2) is 0 Å². The van der Waals surface area contributed by atoms with Crippen molar-refractivity contribution in [3.8, 4) is 11.1 Å². The number of aliphatic hydroxyl groups is 1. The lowest BCUT2D eigenvalue weighted by atomic mass is 9.98. The summed E-state index contributed by atoms with van der Waals surface area (Å²) in [6.45, 7) is 2.45. The number of amides is 1. The topological polar surface area (TPSA) is 122 Å². The number of benzene rings is 2. The van der Waals surface area contributed by atoms with Crippen LogP contribution in [-0.2, 0) is 29.1 Å². The number of aryl methyl sites for hydroxylation is 1. The Balaban J connectivity index is 1.70. The molecule has 0 saturated carbocycles. The Morgan fingerprint density at radius 3 is 2.50 bits per heavy atom. The Hall–Kier alpha value is -3.98. The van der Waals surface area contributed by atoms with Gasteiger partial charge in [-0.25, -0.2) is 14.6 Å². The number of aromatic nitrogens is 2. The van der Waals surface area contributed by atoms with Crippen molar-refractivity contribution in [3.05, 3.63) is 76.9 Å². The average Bonchev–Trinajstić information content (AvgIpc) is 3.56. The minimum absolute atomic E-state index is 0.225. The molecule has 2 aromatic carbocycles. The molecule has 2 heterocycles. The molecule has 0 radical (unpaired) electrons. The molecule has 3 aromatic rings. The van der Waals surface area contributed by atoms with Crippen molar-refractivity contribution < 1.29 is 29.3 Å². The molecule has 200 valence electrons. The molecule has 1 aliphatic heterocycles. The number of carbonyl (C=O) groups is 3. The van der Waals surface area contributed by atoms with Gasteiger partial charge in [-0.3, -0.25) is 4.79 Å². The number of aliphatic hydroxyl groups excluding tert-OH is 1. The van der Waals surface area contributed by atoms with Crippen LogP contribution in [0.1, 0.15) is 70.5 Å². The first-order chi connectivity index (χ1) is 18.4. The highest BCUT2D eigenvalue weighted by atomic mass is 16.5. The predicted molar refractivity (Wildman–Crippen MR) is 141 cm³/mol. The van der Waals surface area contributed by atoms with Crippen molar-refractivity contribution in [2.45, 2.75) is 58.2 Å². The molecular formula is C29H33N3O6. The standard InChI is InChI=1S/C29H33N3O6/c1-3-4-11-25-30-23(18-33)26(27(34)31-16-7-10-24(31)29(37)38-2)32(25)17-19-12-14-20(15-13-19)21-8-5-6-9-22(21)28(35)36/h5-6,8-9,12-15,24,33H,3-4,7,10-11,16-18H2,1-2H3,(H,35,36)/t24-/m0/s1. The summed E-state index contributed by atoms with van der Waals surface area (Å²) in [7, 11) is 1.31. The first-order valence-electron chi connectivity index (χ1n) is 12.9. The van der Waals surface area contributed by atoms with Gasteiger partial charge in [0.05, 0.1) is 25.0 Å². The van der Waals surface area contributed by atoms with Crippen LogP contribution in [0, 0.1) is 0 Å². The molecule has 1 fully saturated rings. The number of aromatic carboxylic acids is 1. The summed E-state index contributed by atoms with van der Waals surface area (Å²) in [6, 6.07) is 13.7. The fourth-order valence-electron chi connectivity index (χ4n) is 5.02. The SMILES string of the molecule is CCCCc1nc(CO)c(C(=O)N2CCC[C@H]2C(=O)OC)n1Cc1ccc(-c2ccccc2C(=O)O)cc1. The summed E-state index contributed by atoms with van der Waals surface area (Å²) in [5, 5.41) is 19.7. The van der Waals surface area contributed by atoms with E-state index in [2.05, 4.69) is 11.9 Å². The maximum atomic E-state index is 13.8. The van der Waals surface area contributed by atoms with Gasteiger partial charge in [0.25, 0.3) is 5.91 Å². The summed E-state index contributed by atoms with van der Waals surface area (Å²) >= 11 is 0. The van der Waals surface area contributed by atoms with Gasteiger partial charge in [-0.05, 0) is 42.0 Å². The molecule has 0 bridgehead atoms. The van der Waals surface area contributed by atoms with Gasteiger partial charge in [-0.1, -0.05) is 55.8 Å². The zero-order valence-corrected chi connectivity index (χ0v) is 21.7. The minimum atomic E-state index is -0.990. The van der Waals surface area contributed by atoms with E-state index >= 15 is 0 Å². The average molecular weight is 520 g/mol. The van der Waals surface area contributed by atoms with Gasteiger partial charge in [-0.15, -0.1) is 0 Å². The third kappa shape index (κ3) is 5.47. The maximum Gasteiger partial charge on any atom is 0.336 e. The van der Waals surface area contributed by atoms with E-state index in [4.69, 9.17) is 4.74 Å². The Morgan fingerprint density at radius 2 is 1.84 bits per heavy atom. The van der Waals surface area contributed by atoms with Crippen molar-refractivity contribution in [2.24, 2.45) is 0 Å². The number of carboxylic acids is 1. The molecule has 1 aromatic heterocycles. The van der Waals surface area contributed by atoms with Crippen LogP contribution in [0.15, 0.2) is 48.5 Å². The highest BCUT2D eigenvalue weighted by Crippen LogP contribution is 2.27. The lowest BCUT2D eigenvalue weighted by molar-refractivity contribution is -0.145. The summed E-state index contributed by atoms with van der Waals surface area (Å²) in [4.78, 5) is 43.9. The Labute approximate surface area is 221 Å². The van der Waals surface area contributed by atoms with E-state index in [1.54, 1.807) is 24.3 Å². The molecule has 1 aliphatic rings. The number of likely N-dealkylation sites (tertiary alicyclic amines) is 1. The molecule has 9 nitrogen and oxygen atoms in total. The summed E-state index contributed by atoms with van der Waals surface area (Å²) < 4.78 is 6.76.